The zero-order valence-corrected chi connectivity index (χ0v) is 14.9. The van der Waals surface area contributed by atoms with Gasteiger partial charge in [0, 0.05) is 37.1 Å². The number of hydrogen-bond donors (Lipinski definition) is 1. The summed E-state index contributed by atoms with van der Waals surface area (Å²) in [6, 6.07) is 0.665. The molecule has 2 heterocycles. The van der Waals surface area contributed by atoms with Crippen molar-refractivity contribution in [2.24, 2.45) is 10.4 Å². The molecule has 0 radical (unpaired) electrons. The molecule has 122 valence electrons. The van der Waals surface area contributed by atoms with Crippen LogP contribution in [-0.2, 0) is 0 Å². The molecule has 0 amide bonds. The lowest BCUT2D eigenvalue weighted by Crippen LogP contribution is -2.72. The van der Waals surface area contributed by atoms with Crippen LogP contribution in [0.1, 0.15) is 53.9 Å². The van der Waals surface area contributed by atoms with E-state index in [9.17, 15) is 0 Å². The summed E-state index contributed by atoms with van der Waals surface area (Å²) in [6.45, 7) is 16.1. The molecule has 0 aliphatic carbocycles. The summed E-state index contributed by atoms with van der Waals surface area (Å²) in [5.74, 6) is 1.07. The second kappa shape index (κ2) is 6.15. The van der Waals surface area contributed by atoms with E-state index in [4.69, 9.17) is 0 Å². The van der Waals surface area contributed by atoms with Crippen molar-refractivity contribution in [2.75, 3.05) is 33.2 Å². The molecule has 0 aromatic carbocycles. The molecule has 0 spiro atoms. The van der Waals surface area contributed by atoms with E-state index in [2.05, 4.69) is 54.7 Å². The fourth-order valence-electron chi connectivity index (χ4n) is 3.61. The first-order valence-corrected chi connectivity index (χ1v) is 8.56. The van der Waals surface area contributed by atoms with Crippen LogP contribution in [0, 0.1) is 5.41 Å². The van der Waals surface area contributed by atoms with E-state index in [0.717, 1.165) is 25.6 Å². The van der Waals surface area contributed by atoms with Crippen molar-refractivity contribution in [3.63, 3.8) is 0 Å². The highest BCUT2D eigenvalue weighted by Gasteiger charge is 2.53. The summed E-state index contributed by atoms with van der Waals surface area (Å²) in [6.07, 6.45) is 4.03. The third-order valence-electron chi connectivity index (χ3n) is 6.00. The Morgan fingerprint density at radius 2 is 1.95 bits per heavy atom. The number of nitrogens with one attached hydrogen (secondary N) is 1. The number of aliphatic imine (C=N–C) groups is 1. The maximum atomic E-state index is 4.52. The van der Waals surface area contributed by atoms with Crippen molar-refractivity contribution in [2.45, 2.75) is 65.5 Å². The van der Waals surface area contributed by atoms with Crippen molar-refractivity contribution in [3.8, 4) is 0 Å². The number of piperidine rings is 1. The Bertz CT molecular complexity index is 386. The van der Waals surface area contributed by atoms with Crippen LogP contribution in [0.3, 0.4) is 0 Å². The van der Waals surface area contributed by atoms with Crippen molar-refractivity contribution in [1.29, 1.82) is 0 Å². The molecule has 2 aliphatic heterocycles. The fourth-order valence-corrected chi connectivity index (χ4v) is 3.61. The summed E-state index contributed by atoms with van der Waals surface area (Å²) < 4.78 is 0. The zero-order valence-electron chi connectivity index (χ0n) is 14.9. The first kappa shape index (κ1) is 16.6. The van der Waals surface area contributed by atoms with Crippen LogP contribution in [0.4, 0.5) is 0 Å². The van der Waals surface area contributed by atoms with Gasteiger partial charge in [0.2, 0.25) is 0 Å². The lowest BCUT2D eigenvalue weighted by atomic mass is 9.65. The van der Waals surface area contributed by atoms with Crippen molar-refractivity contribution < 1.29 is 0 Å². The Kier molecular flexibility index (Phi) is 4.86. The van der Waals surface area contributed by atoms with Crippen molar-refractivity contribution in [3.05, 3.63) is 0 Å². The van der Waals surface area contributed by atoms with Crippen LogP contribution in [0.2, 0.25) is 0 Å². The van der Waals surface area contributed by atoms with Gasteiger partial charge in [0.25, 0.3) is 0 Å². The Morgan fingerprint density at radius 1 is 1.24 bits per heavy atom. The Balaban J connectivity index is 1.92. The normalized spacial score (nSPS) is 29.1. The molecule has 1 unspecified atom stereocenters. The standard InChI is InChI=1S/C17H34N4/c1-7-20-11-9-8-10-14(20)12-19-15(18-6)21-13-16(2,3)17(21,4)5/h14H,7-13H2,1-6H3,(H,18,19). The van der Waals surface area contributed by atoms with E-state index in [1.165, 1.54) is 25.8 Å². The molecule has 0 aromatic rings. The van der Waals surface area contributed by atoms with Gasteiger partial charge in [-0.3, -0.25) is 9.89 Å². The number of rotatable bonds is 3. The Morgan fingerprint density at radius 3 is 2.48 bits per heavy atom. The average Bonchev–Trinajstić information content (AvgIpc) is 2.47. The maximum Gasteiger partial charge on any atom is 0.194 e. The summed E-state index contributed by atoms with van der Waals surface area (Å²) >= 11 is 0. The van der Waals surface area contributed by atoms with Gasteiger partial charge in [0.1, 0.15) is 0 Å². The molecule has 4 heteroatoms. The second-order valence-corrected chi connectivity index (χ2v) is 7.74. The van der Waals surface area contributed by atoms with Gasteiger partial charge in [0.05, 0.1) is 0 Å². The predicted octanol–water partition coefficient (Wildman–Crippen LogP) is 2.56. The van der Waals surface area contributed by atoms with E-state index in [1.807, 2.05) is 7.05 Å². The van der Waals surface area contributed by atoms with Gasteiger partial charge in [-0.2, -0.15) is 0 Å². The van der Waals surface area contributed by atoms with Crippen molar-refractivity contribution >= 4 is 5.96 Å². The first-order chi connectivity index (χ1) is 9.83. The zero-order chi connectivity index (χ0) is 15.7. The Hall–Kier alpha value is -0.770. The number of nitrogens with zero attached hydrogens (tertiary/aromatic N) is 3. The van der Waals surface area contributed by atoms with Gasteiger partial charge in [-0.1, -0.05) is 27.2 Å². The summed E-state index contributed by atoms with van der Waals surface area (Å²) in [5, 5.41) is 3.63. The smallest absolute Gasteiger partial charge is 0.194 e. The maximum absolute atomic E-state index is 4.52. The molecule has 2 rings (SSSR count). The molecular weight excluding hydrogens is 260 g/mol. The number of likely N-dealkylation sites (tertiary alicyclic amines) is 2. The molecular formula is C17H34N4. The van der Waals surface area contributed by atoms with E-state index >= 15 is 0 Å². The van der Waals surface area contributed by atoms with Crippen LogP contribution in [0.25, 0.3) is 0 Å². The fraction of sp³-hybridized carbons (Fsp3) is 0.941. The minimum atomic E-state index is 0.172. The van der Waals surface area contributed by atoms with Crippen LogP contribution >= 0.6 is 0 Å². The lowest BCUT2D eigenvalue weighted by molar-refractivity contribution is -0.0669. The molecule has 2 aliphatic rings. The molecule has 2 fully saturated rings. The summed E-state index contributed by atoms with van der Waals surface area (Å²) in [5.41, 5.74) is 0.525. The molecule has 0 aromatic heterocycles. The van der Waals surface area contributed by atoms with Crippen LogP contribution in [0.15, 0.2) is 4.99 Å². The average molecular weight is 294 g/mol. The van der Waals surface area contributed by atoms with E-state index < -0.39 is 0 Å². The molecule has 0 saturated carbocycles. The lowest BCUT2D eigenvalue weighted by Gasteiger charge is -2.62. The van der Waals surface area contributed by atoms with Gasteiger partial charge in [0.15, 0.2) is 5.96 Å². The highest BCUT2D eigenvalue weighted by atomic mass is 15.4. The van der Waals surface area contributed by atoms with Crippen LogP contribution in [0.5, 0.6) is 0 Å². The molecule has 4 nitrogen and oxygen atoms in total. The third kappa shape index (κ3) is 3.05. The molecule has 2 saturated heterocycles. The molecule has 1 atom stereocenters. The molecule has 21 heavy (non-hydrogen) atoms. The molecule has 1 N–H and O–H groups in total. The third-order valence-corrected chi connectivity index (χ3v) is 6.00. The minimum Gasteiger partial charge on any atom is -0.355 e. The summed E-state index contributed by atoms with van der Waals surface area (Å²) in [4.78, 5) is 9.55. The van der Waals surface area contributed by atoms with Gasteiger partial charge in [-0.25, -0.2) is 0 Å². The largest absolute Gasteiger partial charge is 0.355 e. The Labute approximate surface area is 131 Å². The second-order valence-electron chi connectivity index (χ2n) is 7.74. The van der Waals surface area contributed by atoms with Gasteiger partial charge < -0.3 is 10.2 Å². The highest BCUT2D eigenvalue weighted by molar-refractivity contribution is 5.82. The van der Waals surface area contributed by atoms with Gasteiger partial charge in [-0.05, 0) is 39.8 Å². The predicted molar refractivity (Wildman–Crippen MR) is 90.8 cm³/mol. The van der Waals surface area contributed by atoms with E-state index in [1.54, 1.807) is 0 Å². The number of likely N-dealkylation sites (N-methyl/N-ethyl adjacent to an activating group) is 1. The molecule has 0 bridgehead atoms. The minimum absolute atomic E-state index is 0.172. The monoisotopic (exact) mass is 294 g/mol. The van der Waals surface area contributed by atoms with Gasteiger partial charge >= 0.3 is 0 Å². The summed E-state index contributed by atoms with van der Waals surface area (Å²) in [7, 11) is 1.90. The number of hydrogen-bond acceptors (Lipinski definition) is 2. The van der Waals surface area contributed by atoms with E-state index in [0.29, 0.717) is 11.5 Å². The first-order valence-electron chi connectivity index (χ1n) is 8.56. The van der Waals surface area contributed by atoms with Gasteiger partial charge in [-0.15, -0.1) is 0 Å². The van der Waals surface area contributed by atoms with Crippen molar-refractivity contribution in [1.82, 2.24) is 15.1 Å². The van der Waals surface area contributed by atoms with Crippen LogP contribution < -0.4 is 5.32 Å². The SMILES string of the molecule is CCN1CCCCC1CNC(=NC)N1CC(C)(C)C1(C)C. The van der Waals surface area contributed by atoms with E-state index in [-0.39, 0.29) is 5.54 Å². The number of guanidine groups is 1. The quantitative estimate of drug-likeness (QED) is 0.641. The topological polar surface area (TPSA) is 30.9 Å². The highest BCUT2D eigenvalue weighted by Crippen LogP contribution is 2.46. The van der Waals surface area contributed by atoms with Crippen LogP contribution in [-0.4, -0.2) is 60.6 Å².